The van der Waals surface area contributed by atoms with Gasteiger partial charge in [-0.05, 0) is 12.8 Å². The van der Waals surface area contributed by atoms with Gasteiger partial charge in [-0.3, -0.25) is 4.79 Å². The number of aliphatic hydroxyl groups is 1. The summed E-state index contributed by atoms with van der Waals surface area (Å²) in [6.07, 6.45) is 1.86. The second kappa shape index (κ2) is 4.28. The van der Waals surface area contributed by atoms with Crippen LogP contribution in [0.5, 0.6) is 0 Å². The Hall–Kier alpha value is -0.320. The quantitative estimate of drug-likeness (QED) is 0.666. The van der Waals surface area contributed by atoms with Crippen LogP contribution in [0.15, 0.2) is 0 Å². The summed E-state index contributed by atoms with van der Waals surface area (Å²) in [7, 11) is 0. The van der Waals surface area contributed by atoms with Crippen LogP contribution in [0.4, 0.5) is 0 Å². The number of nitrogens with zero attached hydrogens (tertiary/aromatic N) is 1. The highest BCUT2D eigenvalue weighted by molar-refractivity contribution is 6.27. The number of amides is 1. The molecule has 0 aliphatic carbocycles. The maximum absolute atomic E-state index is 11.4. The van der Waals surface area contributed by atoms with Crippen LogP contribution in [-0.2, 0) is 9.53 Å². The molecule has 0 aromatic carbocycles. The Bertz CT molecular complexity index is 261. The van der Waals surface area contributed by atoms with E-state index in [0.29, 0.717) is 32.5 Å². The van der Waals surface area contributed by atoms with Gasteiger partial charge in [0, 0.05) is 26.1 Å². The number of halogens is 1. The first-order valence-electron chi connectivity index (χ1n) is 5.31. The highest BCUT2D eigenvalue weighted by Crippen LogP contribution is 2.34. The molecule has 0 saturated carbocycles. The smallest absolute Gasteiger partial charge is 0.237 e. The van der Waals surface area contributed by atoms with Crippen molar-refractivity contribution in [1.29, 1.82) is 0 Å². The van der Waals surface area contributed by atoms with E-state index in [-0.39, 0.29) is 23.5 Å². The summed E-state index contributed by atoms with van der Waals surface area (Å²) in [5.41, 5.74) is -0.306. The molecule has 0 aromatic rings. The van der Waals surface area contributed by atoms with Crippen LogP contribution in [0.1, 0.15) is 19.3 Å². The van der Waals surface area contributed by atoms with Crippen molar-refractivity contribution in [2.45, 2.75) is 31.0 Å². The predicted octanol–water partition coefficient (Wildman–Crippen LogP) is 0.368. The van der Waals surface area contributed by atoms with Crippen molar-refractivity contribution in [2.75, 3.05) is 25.6 Å². The molecule has 0 radical (unpaired) electrons. The summed E-state index contributed by atoms with van der Waals surface area (Å²) < 4.78 is 5.72. The van der Waals surface area contributed by atoms with Crippen LogP contribution in [0.3, 0.4) is 0 Å². The number of hydrogen-bond donors (Lipinski definition) is 1. The number of aliphatic hydroxyl groups excluding tert-OH is 1. The Balaban J connectivity index is 1.98. The van der Waals surface area contributed by atoms with Gasteiger partial charge in [0.05, 0.1) is 11.7 Å². The first-order chi connectivity index (χ1) is 7.15. The molecule has 1 N–H and O–H groups in total. The lowest BCUT2D eigenvalue weighted by molar-refractivity contribution is -0.133. The molecular formula is C10H16ClNO3. The fraction of sp³-hybridized carbons (Fsp3) is 0.900. The van der Waals surface area contributed by atoms with Gasteiger partial charge in [0.25, 0.3) is 0 Å². The Morgan fingerprint density at radius 3 is 3.13 bits per heavy atom. The maximum atomic E-state index is 11.4. The average molecular weight is 234 g/mol. The van der Waals surface area contributed by atoms with Crippen molar-refractivity contribution in [2.24, 2.45) is 0 Å². The van der Waals surface area contributed by atoms with E-state index in [9.17, 15) is 9.90 Å². The summed E-state index contributed by atoms with van der Waals surface area (Å²) in [4.78, 5) is 13.1. The van der Waals surface area contributed by atoms with E-state index in [1.54, 1.807) is 4.90 Å². The zero-order valence-electron chi connectivity index (χ0n) is 8.62. The van der Waals surface area contributed by atoms with Gasteiger partial charge in [0.2, 0.25) is 5.91 Å². The number of ether oxygens (including phenoxy) is 1. The molecular weight excluding hydrogens is 218 g/mol. The number of hydrogen-bond acceptors (Lipinski definition) is 3. The van der Waals surface area contributed by atoms with Crippen LogP contribution in [-0.4, -0.2) is 53.2 Å². The van der Waals surface area contributed by atoms with Crippen molar-refractivity contribution < 1.29 is 14.6 Å². The van der Waals surface area contributed by atoms with E-state index in [2.05, 4.69) is 0 Å². The number of likely N-dealkylation sites (tertiary alicyclic amines) is 1. The largest absolute Gasteiger partial charge is 0.393 e. The molecule has 0 bridgehead atoms. The molecule has 0 aromatic heterocycles. The topological polar surface area (TPSA) is 49.8 Å². The van der Waals surface area contributed by atoms with Crippen molar-refractivity contribution in [3.63, 3.8) is 0 Å². The monoisotopic (exact) mass is 233 g/mol. The van der Waals surface area contributed by atoms with E-state index < -0.39 is 0 Å². The molecule has 2 aliphatic heterocycles. The van der Waals surface area contributed by atoms with Gasteiger partial charge in [0.15, 0.2) is 0 Å². The molecule has 1 amide bonds. The van der Waals surface area contributed by atoms with Crippen molar-refractivity contribution in [3.8, 4) is 0 Å². The zero-order valence-corrected chi connectivity index (χ0v) is 9.37. The fourth-order valence-electron chi connectivity index (χ4n) is 2.43. The Labute approximate surface area is 94.1 Å². The molecule has 2 heterocycles. The van der Waals surface area contributed by atoms with Crippen LogP contribution < -0.4 is 0 Å². The number of alkyl halides is 1. The molecule has 5 heteroatoms. The SMILES string of the molecule is O=C(CCl)N1CC[C@@]2(C[C@@H](O)CCO2)C1. The van der Waals surface area contributed by atoms with Gasteiger partial charge in [-0.25, -0.2) is 0 Å². The first kappa shape index (κ1) is 11.2. The standard InChI is InChI=1S/C10H16ClNO3/c11-6-9(14)12-3-2-10(7-12)5-8(13)1-4-15-10/h8,13H,1-7H2/t8-,10+/m0/s1. The molecule has 0 unspecified atom stereocenters. The minimum atomic E-state index is -0.306. The average Bonchev–Trinajstić information content (AvgIpc) is 2.60. The van der Waals surface area contributed by atoms with E-state index in [0.717, 1.165) is 6.42 Å². The van der Waals surface area contributed by atoms with Crippen LogP contribution in [0, 0.1) is 0 Å². The summed E-state index contributed by atoms with van der Waals surface area (Å²) in [6.45, 7) is 1.86. The molecule has 2 fully saturated rings. The van der Waals surface area contributed by atoms with E-state index in [1.165, 1.54) is 0 Å². The van der Waals surface area contributed by atoms with E-state index in [4.69, 9.17) is 16.3 Å². The third-order valence-electron chi connectivity index (χ3n) is 3.25. The first-order valence-corrected chi connectivity index (χ1v) is 5.84. The Morgan fingerprint density at radius 1 is 1.67 bits per heavy atom. The van der Waals surface area contributed by atoms with Crippen molar-refractivity contribution >= 4 is 17.5 Å². The van der Waals surface area contributed by atoms with Gasteiger partial charge in [-0.15, -0.1) is 11.6 Å². The van der Waals surface area contributed by atoms with Crippen molar-refractivity contribution in [3.05, 3.63) is 0 Å². The normalized spacial score (nSPS) is 36.1. The molecule has 2 aliphatic rings. The number of carbonyl (C=O) groups excluding carboxylic acids is 1. The molecule has 4 nitrogen and oxygen atoms in total. The summed E-state index contributed by atoms with van der Waals surface area (Å²) in [5.74, 6) is -0.0178. The van der Waals surface area contributed by atoms with Gasteiger partial charge in [-0.1, -0.05) is 0 Å². The minimum Gasteiger partial charge on any atom is -0.393 e. The van der Waals surface area contributed by atoms with Crippen molar-refractivity contribution in [1.82, 2.24) is 4.90 Å². The highest BCUT2D eigenvalue weighted by atomic mass is 35.5. The molecule has 2 atom stereocenters. The lowest BCUT2D eigenvalue weighted by Crippen LogP contribution is -2.45. The van der Waals surface area contributed by atoms with E-state index in [1.807, 2.05) is 0 Å². The van der Waals surface area contributed by atoms with Gasteiger partial charge < -0.3 is 14.7 Å². The third-order valence-corrected chi connectivity index (χ3v) is 3.48. The molecule has 2 saturated heterocycles. The van der Waals surface area contributed by atoms with E-state index >= 15 is 0 Å². The van der Waals surface area contributed by atoms with Crippen LogP contribution >= 0.6 is 11.6 Å². The van der Waals surface area contributed by atoms with Gasteiger partial charge in [-0.2, -0.15) is 0 Å². The van der Waals surface area contributed by atoms with Crippen LogP contribution in [0.2, 0.25) is 0 Å². The summed E-state index contributed by atoms with van der Waals surface area (Å²) in [5, 5.41) is 9.61. The lowest BCUT2D eigenvalue weighted by atomic mass is 9.91. The van der Waals surface area contributed by atoms with Crippen LogP contribution in [0.25, 0.3) is 0 Å². The summed E-state index contributed by atoms with van der Waals surface area (Å²) in [6, 6.07) is 0. The Morgan fingerprint density at radius 2 is 2.47 bits per heavy atom. The summed E-state index contributed by atoms with van der Waals surface area (Å²) >= 11 is 5.51. The minimum absolute atomic E-state index is 0.0264. The third kappa shape index (κ3) is 2.27. The second-order valence-electron chi connectivity index (χ2n) is 4.38. The zero-order chi connectivity index (χ0) is 10.9. The fourth-order valence-corrected chi connectivity index (χ4v) is 2.60. The molecule has 2 rings (SSSR count). The Kier molecular flexibility index (Phi) is 3.19. The molecule has 1 spiro atoms. The lowest BCUT2D eigenvalue weighted by Gasteiger charge is -2.36. The van der Waals surface area contributed by atoms with Gasteiger partial charge >= 0.3 is 0 Å². The number of carbonyl (C=O) groups is 1. The number of rotatable bonds is 1. The molecule has 86 valence electrons. The van der Waals surface area contributed by atoms with Gasteiger partial charge in [0.1, 0.15) is 5.88 Å². The second-order valence-corrected chi connectivity index (χ2v) is 4.64. The highest BCUT2D eigenvalue weighted by Gasteiger charge is 2.43. The predicted molar refractivity (Wildman–Crippen MR) is 55.8 cm³/mol. The molecule has 15 heavy (non-hydrogen) atoms. The maximum Gasteiger partial charge on any atom is 0.237 e.